The second-order valence-electron chi connectivity index (χ2n) is 3.57. The van der Waals surface area contributed by atoms with Crippen LogP contribution < -0.4 is 9.47 Å². The molecule has 0 saturated heterocycles. The largest absolute Gasteiger partial charge is 0.490 e. The molecule has 1 aromatic heterocycles. The van der Waals surface area contributed by atoms with Gasteiger partial charge in [0.05, 0.1) is 12.8 Å². The molecule has 0 amide bonds. The number of methoxy groups -OCH3 is 1. The maximum Gasteiger partial charge on any atom is 0.260 e. The first-order valence-corrected chi connectivity index (χ1v) is 5.33. The number of ether oxygens (including phenoxy) is 2. The number of benzene rings is 1. The van der Waals surface area contributed by atoms with Crippen molar-refractivity contribution >= 4 is 0 Å². The van der Waals surface area contributed by atoms with E-state index in [1.165, 1.54) is 6.33 Å². The molecule has 0 bridgehead atoms. The van der Waals surface area contributed by atoms with Crippen LogP contribution in [0.2, 0.25) is 0 Å². The van der Waals surface area contributed by atoms with Crippen LogP contribution in [0, 0.1) is 6.92 Å². The second-order valence-corrected chi connectivity index (χ2v) is 3.57. The molecule has 0 fully saturated rings. The van der Waals surface area contributed by atoms with Crippen LogP contribution in [0.25, 0.3) is 0 Å². The van der Waals surface area contributed by atoms with E-state index in [1.807, 2.05) is 37.3 Å². The minimum Gasteiger partial charge on any atom is -0.490 e. The molecule has 88 valence electrons. The van der Waals surface area contributed by atoms with Gasteiger partial charge in [-0.25, -0.2) is 4.98 Å². The fraction of sp³-hybridized carbons (Fsp3) is 0.231. The summed E-state index contributed by atoms with van der Waals surface area (Å²) in [5.74, 6) is 1.06. The average molecular weight is 230 g/mol. The van der Waals surface area contributed by atoms with Crippen LogP contribution in [0.3, 0.4) is 0 Å². The Morgan fingerprint density at radius 2 is 1.88 bits per heavy atom. The van der Waals surface area contributed by atoms with E-state index in [2.05, 4.69) is 9.97 Å². The lowest BCUT2D eigenvalue weighted by Gasteiger charge is -2.10. The molecule has 1 aromatic carbocycles. The molecule has 4 heteroatoms. The van der Waals surface area contributed by atoms with Crippen LogP contribution in [-0.2, 0) is 6.61 Å². The Labute approximate surface area is 100 Å². The van der Waals surface area contributed by atoms with Crippen molar-refractivity contribution in [3.63, 3.8) is 0 Å². The van der Waals surface area contributed by atoms with Gasteiger partial charge in [-0.3, -0.25) is 0 Å². The summed E-state index contributed by atoms with van der Waals surface area (Å²) in [5.41, 5.74) is 1.86. The van der Waals surface area contributed by atoms with Crippen LogP contribution in [0.1, 0.15) is 11.3 Å². The normalized spacial score (nSPS) is 10.0. The predicted octanol–water partition coefficient (Wildman–Crippen LogP) is 2.37. The molecule has 0 aliphatic heterocycles. The molecule has 0 unspecified atom stereocenters. The zero-order chi connectivity index (χ0) is 12.1. The van der Waals surface area contributed by atoms with E-state index in [1.54, 1.807) is 7.11 Å². The van der Waals surface area contributed by atoms with E-state index in [9.17, 15) is 0 Å². The fourth-order valence-corrected chi connectivity index (χ4v) is 1.50. The Morgan fingerprint density at radius 3 is 2.59 bits per heavy atom. The van der Waals surface area contributed by atoms with Crippen LogP contribution in [0.15, 0.2) is 36.7 Å². The second kappa shape index (κ2) is 5.30. The third-order valence-electron chi connectivity index (χ3n) is 2.37. The lowest BCUT2D eigenvalue weighted by Crippen LogP contribution is -2.01. The standard InChI is InChI=1S/C13H14N2O2/c1-10-12(16-2)13(15-9-14-10)17-8-11-6-4-3-5-7-11/h3-7,9H,8H2,1-2H3. The molecule has 2 rings (SSSR count). The highest BCUT2D eigenvalue weighted by Gasteiger charge is 2.09. The summed E-state index contributed by atoms with van der Waals surface area (Å²) in [6.07, 6.45) is 1.47. The molecule has 0 spiro atoms. The number of aromatic nitrogens is 2. The summed E-state index contributed by atoms with van der Waals surface area (Å²) < 4.78 is 10.8. The number of aryl methyl sites for hydroxylation is 1. The zero-order valence-electron chi connectivity index (χ0n) is 9.88. The van der Waals surface area contributed by atoms with Gasteiger partial charge in [0.25, 0.3) is 5.88 Å². The average Bonchev–Trinajstić information content (AvgIpc) is 2.37. The number of hydrogen-bond acceptors (Lipinski definition) is 4. The molecule has 1 heterocycles. The van der Waals surface area contributed by atoms with E-state index < -0.39 is 0 Å². The van der Waals surface area contributed by atoms with E-state index >= 15 is 0 Å². The minimum absolute atomic E-state index is 0.466. The van der Waals surface area contributed by atoms with Crippen molar-refractivity contribution in [2.75, 3.05) is 7.11 Å². The maximum atomic E-state index is 5.62. The third kappa shape index (κ3) is 2.72. The molecule has 2 aromatic rings. The van der Waals surface area contributed by atoms with Crippen molar-refractivity contribution < 1.29 is 9.47 Å². The summed E-state index contributed by atoms with van der Waals surface area (Å²) in [4.78, 5) is 8.12. The van der Waals surface area contributed by atoms with Crippen molar-refractivity contribution in [2.45, 2.75) is 13.5 Å². The smallest absolute Gasteiger partial charge is 0.260 e. The first kappa shape index (κ1) is 11.4. The Hall–Kier alpha value is -2.10. The molecular formula is C13H14N2O2. The first-order chi connectivity index (χ1) is 8.31. The van der Waals surface area contributed by atoms with Crippen molar-refractivity contribution in [1.82, 2.24) is 9.97 Å². The van der Waals surface area contributed by atoms with Gasteiger partial charge in [-0.1, -0.05) is 30.3 Å². The van der Waals surface area contributed by atoms with E-state index in [0.29, 0.717) is 18.2 Å². The maximum absolute atomic E-state index is 5.62. The minimum atomic E-state index is 0.466. The summed E-state index contributed by atoms with van der Waals surface area (Å²) >= 11 is 0. The molecule has 0 aliphatic rings. The van der Waals surface area contributed by atoms with E-state index in [4.69, 9.17) is 9.47 Å². The van der Waals surface area contributed by atoms with Gasteiger partial charge >= 0.3 is 0 Å². The molecule has 4 nitrogen and oxygen atoms in total. The number of rotatable bonds is 4. The van der Waals surface area contributed by atoms with Gasteiger partial charge in [-0.15, -0.1) is 0 Å². The first-order valence-electron chi connectivity index (χ1n) is 5.33. The fourth-order valence-electron chi connectivity index (χ4n) is 1.50. The van der Waals surface area contributed by atoms with Gasteiger partial charge in [0.2, 0.25) is 5.75 Å². The zero-order valence-corrected chi connectivity index (χ0v) is 9.88. The Morgan fingerprint density at radius 1 is 1.12 bits per heavy atom. The van der Waals surface area contributed by atoms with Gasteiger partial charge in [0.1, 0.15) is 12.9 Å². The van der Waals surface area contributed by atoms with Crippen molar-refractivity contribution in [3.8, 4) is 11.6 Å². The van der Waals surface area contributed by atoms with E-state index in [0.717, 1.165) is 11.3 Å². The number of hydrogen-bond donors (Lipinski definition) is 0. The summed E-state index contributed by atoms with van der Waals surface area (Å²) in [6.45, 7) is 2.32. The summed E-state index contributed by atoms with van der Waals surface area (Å²) in [7, 11) is 1.58. The predicted molar refractivity (Wildman–Crippen MR) is 64.1 cm³/mol. The van der Waals surface area contributed by atoms with Crippen molar-refractivity contribution in [1.29, 1.82) is 0 Å². The molecule has 0 N–H and O–H groups in total. The van der Waals surface area contributed by atoms with Crippen LogP contribution in [0.4, 0.5) is 0 Å². The monoisotopic (exact) mass is 230 g/mol. The lowest BCUT2D eigenvalue weighted by molar-refractivity contribution is 0.270. The SMILES string of the molecule is COc1c(C)ncnc1OCc1ccccc1. The highest BCUT2D eigenvalue weighted by Crippen LogP contribution is 2.26. The third-order valence-corrected chi connectivity index (χ3v) is 2.37. The van der Waals surface area contributed by atoms with Crippen molar-refractivity contribution in [3.05, 3.63) is 47.9 Å². The molecule has 0 radical (unpaired) electrons. The Bertz CT molecular complexity index is 486. The van der Waals surface area contributed by atoms with Gasteiger partial charge in [-0.05, 0) is 12.5 Å². The lowest BCUT2D eigenvalue weighted by atomic mass is 10.2. The van der Waals surface area contributed by atoms with Gasteiger partial charge < -0.3 is 9.47 Å². The van der Waals surface area contributed by atoms with Crippen LogP contribution in [0.5, 0.6) is 11.6 Å². The van der Waals surface area contributed by atoms with Gasteiger partial charge in [0, 0.05) is 0 Å². The number of nitrogens with zero attached hydrogens (tertiary/aromatic N) is 2. The molecule has 0 atom stereocenters. The van der Waals surface area contributed by atoms with Crippen molar-refractivity contribution in [2.24, 2.45) is 0 Å². The Kier molecular flexibility index (Phi) is 3.55. The summed E-state index contributed by atoms with van der Waals surface area (Å²) in [6, 6.07) is 9.92. The Balaban J connectivity index is 2.12. The van der Waals surface area contributed by atoms with Crippen LogP contribution >= 0.6 is 0 Å². The quantitative estimate of drug-likeness (QED) is 0.808. The molecule has 0 saturated carbocycles. The molecular weight excluding hydrogens is 216 g/mol. The highest BCUT2D eigenvalue weighted by atomic mass is 16.5. The molecule has 17 heavy (non-hydrogen) atoms. The van der Waals surface area contributed by atoms with Gasteiger partial charge in [-0.2, -0.15) is 4.98 Å². The van der Waals surface area contributed by atoms with Gasteiger partial charge in [0.15, 0.2) is 0 Å². The molecule has 0 aliphatic carbocycles. The topological polar surface area (TPSA) is 44.2 Å². The van der Waals surface area contributed by atoms with E-state index in [-0.39, 0.29) is 0 Å². The highest BCUT2D eigenvalue weighted by molar-refractivity contribution is 5.36. The summed E-state index contributed by atoms with van der Waals surface area (Å²) in [5, 5.41) is 0. The van der Waals surface area contributed by atoms with Crippen LogP contribution in [-0.4, -0.2) is 17.1 Å².